The van der Waals surface area contributed by atoms with Gasteiger partial charge >= 0.3 is 5.82 Å². The number of hydrogen-bond donors (Lipinski definition) is 1. The molecule has 94 valence electrons. The summed E-state index contributed by atoms with van der Waals surface area (Å²) in [5.41, 5.74) is 0.957. The van der Waals surface area contributed by atoms with E-state index in [1.165, 1.54) is 12.3 Å². The normalized spacial score (nSPS) is 12.4. The minimum atomic E-state index is -0.499. The predicted molar refractivity (Wildman–Crippen MR) is 63.9 cm³/mol. The van der Waals surface area contributed by atoms with Crippen molar-refractivity contribution < 1.29 is 9.66 Å². The van der Waals surface area contributed by atoms with Gasteiger partial charge < -0.3 is 20.2 Å². The molecule has 0 spiro atoms. The number of nitro groups is 1. The van der Waals surface area contributed by atoms with Gasteiger partial charge in [-0.2, -0.15) is 0 Å². The Hall–Kier alpha value is -1.53. The molecule has 0 aromatic carbocycles. The second-order valence-electron chi connectivity index (χ2n) is 3.70. The molecule has 1 heterocycles. The van der Waals surface area contributed by atoms with E-state index in [-0.39, 0.29) is 11.9 Å². The Morgan fingerprint density at radius 3 is 2.82 bits per heavy atom. The first kappa shape index (κ1) is 13.5. The van der Waals surface area contributed by atoms with Crippen molar-refractivity contribution in [2.75, 3.05) is 20.3 Å². The van der Waals surface area contributed by atoms with E-state index >= 15 is 0 Å². The molecule has 0 saturated heterocycles. The van der Waals surface area contributed by atoms with E-state index < -0.39 is 4.92 Å². The van der Waals surface area contributed by atoms with E-state index in [1.54, 1.807) is 13.2 Å². The zero-order valence-corrected chi connectivity index (χ0v) is 10.0. The van der Waals surface area contributed by atoms with E-state index in [0.29, 0.717) is 6.61 Å². The fourth-order valence-corrected chi connectivity index (χ4v) is 1.61. The Morgan fingerprint density at radius 2 is 2.35 bits per heavy atom. The van der Waals surface area contributed by atoms with Crippen molar-refractivity contribution in [2.24, 2.45) is 0 Å². The molecule has 0 aliphatic rings. The molecule has 0 saturated carbocycles. The van der Waals surface area contributed by atoms with E-state index in [9.17, 15) is 10.1 Å². The van der Waals surface area contributed by atoms with Crippen molar-refractivity contribution in [3.05, 3.63) is 34.0 Å². The van der Waals surface area contributed by atoms with Gasteiger partial charge in [0.2, 0.25) is 0 Å². The van der Waals surface area contributed by atoms with E-state index in [0.717, 1.165) is 18.5 Å². The monoisotopic (exact) mass is 239 g/mol. The van der Waals surface area contributed by atoms with Crippen LogP contribution in [0.3, 0.4) is 0 Å². The number of nitrogens with one attached hydrogen (secondary N) is 1. The fraction of sp³-hybridized carbons (Fsp3) is 0.545. The standard InChI is InChI=1S/C11H17N3O3/c1-3-12-10(8-17-2)6-9-4-5-11(13-7-9)14(15)16/h4-5,7,10,12H,3,6,8H2,1-2H3. The first-order valence-electron chi connectivity index (χ1n) is 5.49. The van der Waals surface area contributed by atoms with Crippen LogP contribution in [0.1, 0.15) is 12.5 Å². The second-order valence-corrected chi connectivity index (χ2v) is 3.70. The van der Waals surface area contributed by atoms with Crippen molar-refractivity contribution in [1.82, 2.24) is 10.3 Å². The van der Waals surface area contributed by atoms with Gasteiger partial charge in [-0.15, -0.1) is 0 Å². The van der Waals surface area contributed by atoms with Crippen LogP contribution in [0.25, 0.3) is 0 Å². The van der Waals surface area contributed by atoms with E-state index in [1.807, 2.05) is 6.92 Å². The Kier molecular flexibility index (Phi) is 5.51. The van der Waals surface area contributed by atoms with Crippen molar-refractivity contribution in [2.45, 2.75) is 19.4 Å². The summed E-state index contributed by atoms with van der Waals surface area (Å²) >= 11 is 0. The lowest BCUT2D eigenvalue weighted by Gasteiger charge is -2.15. The van der Waals surface area contributed by atoms with E-state index in [4.69, 9.17) is 4.74 Å². The fourth-order valence-electron chi connectivity index (χ4n) is 1.61. The third kappa shape index (κ3) is 4.46. The summed E-state index contributed by atoms with van der Waals surface area (Å²) in [4.78, 5) is 13.7. The van der Waals surface area contributed by atoms with Crippen molar-refractivity contribution in [3.63, 3.8) is 0 Å². The molecule has 0 radical (unpaired) electrons. The van der Waals surface area contributed by atoms with Gasteiger partial charge in [0, 0.05) is 19.2 Å². The zero-order valence-electron chi connectivity index (χ0n) is 10.0. The van der Waals surface area contributed by atoms with Crippen LogP contribution in [-0.2, 0) is 11.2 Å². The molecule has 1 atom stereocenters. The summed E-state index contributed by atoms with van der Waals surface area (Å²) in [5.74, 6) is -0.125. The van der Waals surface area contributed by atoms with Crippen LogP contribution in [0.2, 0.25) is 0 Å². The number of ether oxygens (including phenoxy) is 1. The maximum absolute atomic E-state index is 10.5. The van der Waals surface area contributed by atoms with Gasteiger partial charge in [0.25, 0.3) is 0 Å². The molecule has 17 heavy (non-hydrogen) atoms. The average molecular weight is 239 g/mol. The molecular formula is C11H17N3O3. The van der Waals surface area contributed by atoms with Crippen molar-refractivity contribution in [3.8, 4) is 0 Å². The summed E-state index contributed by atoms with van der Waals surface area (Å²) in [7, 11) is 1.65. The molecule has 1 N–H and O–H groups in total. The van der Waals surface area contributed by atoms with Gasteiger partial charge in [-0.05, 0) is 34.5 Å². The number of methoxy groups -OCH3 is 1. The summed E-state index contributed by atoms with van der Waals surface area (Å²) < 4.78 is 5.10. The molecule has 1 aromatic rings. The number of likely N-dealkylation sites (N-methyl/N-ethyl adjacent to an activating group) is 1. The number of hydrogen-bond acceptors (Lipinski definition) is 5. The van der Waals surface area contributed by atoms with Gasteiger partial charge in [0.1, 0.15) is 6.20 Å². The highest BCUT2D eigenvalue weighted by Gasteiger charge is 2.11. The number of rotatable bonds is 7. The number of pyridine rings is 1. The van der Waals surface area contributed by atoms with Crippen LogP contribution in [0.4, 0.5) is 5.82 Å². The topological polar surface area (TPSA) is 77.3 Å². The molecule has 1 unspecified atom stereocenters. The molecule has 0 fully saturated rings. The molecule has 6 nitrogen and oxygen atoms in total. The lowest BCUT2D eigenvalue weighted by molar-refractivity contribution is -0.389. The average Bonchev–Trinajstić information content (AvgIpc) is 2.30. The zero-order chi connectivity index (χ0) is 12.7. The minimum absolute atomic E-state index is 0.125. The third-order valence-corrected chi connectivity index (χ3v) is 2.34. The molecular weight excluding hydrogens is 222 g/mol. The Bertz CT molecular complexity index is 347. The Balaban J connectivity index is 2.62. The quantitative estimate of drug-likeness (QED) is 0.570. The van der Waals surface area contributed by atoms with Crippen LogP contribution in [-0.4, -0.2) is 36.2 Å². The SMILES string of the molecule is CCNC(COC)Cc1ccc([N+](=O)[O-])nc1. The highest BCUT2D eigenvalue weighted by atomic mass is 16.6. The van der Waals surface area contributed by atoms with E-state index in [2.05, 4.69) is 10.3 Å². The van der Waals surface area contributed by atoms with Gasteiger partial charge in [0.05, 0.1) is 6.61 Å². The molecule has 6 heteroatoms. The van der Waals surface area contributed by atoms with Crippen molar-refractivity contribution in [1.29, 1.82) is 0 Å². The molecule has 1 aromatic heterocycles. The Morgan fingerprint density at radius 1 is 1.59 bits per heavy atom. The van der Waals surface area contributed by atoms with Crippen LogP contribution in [0.5, 0.6) is 0 Å². The number of aromatic nitrogens is 1. The summed E-state index contributed by atoms with van der Waals surface area (Å²) in [5, 5.41) is 13.7. The molecule has 0 amide bonds. The number of nitrogens with zero attached hydrogens (tertiary/aromatic N) is 2. The largest absolute Gasteiger partial charge is 0.383 e. The van der Waals surface area contributed by atoms with Crippen LogP contribution < -0.4 is 5.32 Å². The molecule has 1 rings (SSSR count). The van der Waals surface area contributed by atoms with Crippen LogP contribution in [0.15, 0.2) is 18.3 Å². The van der Waals surface area contributed by atoms with Crippen LogP contribution in [0, 0.1) is 10.1 Å². The highest BCUT2D eigenvalue weighted by Crippen LogP contribution is 2.09. The molecule has 0 bridgehead atoms. The third-order valence-electron chi connectivity index (χ3n) is 2.34. The Labute approximate surface area is 100 Å². The first-order valence-corrected chi connectivity index (χ1v) is 5.49. The maximum atomic E-state index is 10.5. The van der Waals surface area contributed by atoms with Crippen molar-refractivity contribution >= 4 is 5.82 Å². The van der Waals surface area contributed by atoms with Gasteiger partial charge in [0.15, 0.2) is 0 Å². The summed E-state index contributed by atoms with van der Waals surface area (Å²) in [6.07, 6.45) is 2.28. The first-order chi connectivity index (χ1) is 8.17. The molecule has 0 aliphatic carbocycles. The lowest BCUT2D eigenvalue weighted by atomic mass is 10.1. The second kappa shape index (κ2) is 6.93. The lowest BCUT2D eigenvalue weighted by Crippen LogP contribution is -2.35. The van der Waals surface area contributed by atoms with Gasteiger partial charge in [-0.1, -0.05) is 6.92 Å². The highest BCUT2D eigenvalue weighted by molar-refractivity contribution is 5.23. The summed E-state index contributed by atoms with van der Waals surface area (Å²) in [6, 6.07) is 3.35. The molecule has 0 aliphatic heterocycles. The maximum Gasteiger partial charge on any atom is 0.363 e. The van der Waals surface area contributed by atoms with Crippen LogP contribution >= 0.6 is 0 Å². The van der Waals surface area contributed by atoms with Gasteiger partial charge in [-0.3, -0.25) is 0 Å². The minimum Gasteiger partial charge on any atom is -0.383 e. The summed E-state index contributed by atoms with van der Waals surface area (Å²) in [6.45, 7) is 3.48. The predicted octanol–water partition coefficient (Wildman–Crippen LogP) is 1.16. The van der Waals surface area contributed by atoms with Gasteiger partial charge in [-0.25, -0.2) is 0 Å². The smallest absolute Gasteiger partial charge is 0.363 e.